The molecule has 0 saturated heterocycles. The van der Waals surface area contributed by atoms with Crippen molar-refractivity contribution in [2.24, 2.45) is 0 Å². The highest BCUT2D eigenvalue weighted by molar-refractivity contribution is 9.10. The molecular weight excluding hydrogens is 346 g/mol. The lowest BCUT2D eigenvalue weighted by atomic mass is 10.3. The zero-order valence-electron chi connectivity index (χ0n) is 10.1. The van der Waals surface area contributed by atoms with Crippen LogP contribution in [0.3, 0.4) is 0 Å². The van der Waals surface area contributed by atoms with Gasteiger partial charge in [0.05, 0.1) is 0 Å². The van der Waals surface area contributed by atoms with Gasteiger partial charge >= 0.3 is 0 Å². The van der Waals surface area contributed by atoms with Gasteiger partial charge in [0, 0.05) is 29.3 Å². The van der Waals surface area contributed by atoms with E-state index in [1.54, 1.807) is 4.90 Å². The molecule has 1 rings (SSSR count). The summed E-state index contributed by atoms with van der Waals surface area (Å²) in [6, 6.07) is 1.11. The second-order valence-corrected chi connectivity index (χ2v) is 7.13. The highest BCUT2D eigenvalue weighted by Crippen LogP contribution is 2.29. The molecule has 0 bridgehead atoms. The second kappa shape index (κ2) is 5.63. The fourth-order valence-corrected chi connectivity index (χ4v) is 3.54. The maximum Gasteiger partial charge on any atom is 0.289 e. The molecule has 1 heterocycles. The summed E-state index contributed by atoms with van der Waals surface area (Å²) in [6.45, 7) is 6.05. The van der Waals surface area contributed by atoms with Gasteiger partial charge in [-0.15, -0.1) is 0 Å². The molecule has 0 spiro atoms. The molecule has 8 heteroatoms. The van der Waals surface area contributed by atoms with E-state index in [1.807, 2.05) is 20.8 Å². The van der Waals surface area contributed by atoms with Crippen LogP contribution in [0.25, 0.3) is 0 Å². The molecule has 1 aromatic rings. The van der Waals surface area contributed by atoms with Crippen LogP contribution < -0.4 is 0 Å². The van der Waals surface area contributed by atoms with Crippen LogP contribution in [0.1, 0.15) is 31.3 Å². The van der Waals surface area contributed by atoms with Crippen molar-refractivity contribution in [2.75, 3.05) is 6.54 Å². The van der Waals surface area contributed by atoms with Crippen molar-refractivity contribution in [1.29, 1.82) is 0 Å². The highest BCUT2D eigenvalue weighted by Gasteiger charge is 2.26. The maximum atomic E-state index is 12.1. The zero-order valence-corrected chi connectivity index (χ0v) is 13.3. The highest BCUT2D eigenvalue weighted by atomic mass is 79.9. The fourth-order valence-electron chi connectivity index (χ4n) is 1.51. The Morgan fingerprint density at radius 2 is 2.11 bits per heavy atom. The third-order valence-electron chi connectivity index (χ3n) is 2.35. The second-order valence-electron chi connectivity index (χ2n) is 3.87. The topological polar surface area (TPSA) is 67.6 Å². The van der Waals surface area contributed by atoms with Crippen LogP contribution >= 0.6 is 26.6 Å². The number of hydrogen-bond acceptors (Lipinski definition) is 4. The Bertz CT molecular complexity index is 552. The fraction of sp³-hybridized carbons (Fsp3) is 0.500. The molecule has 0 aliphatic heterocycles. The molecule has 0 unspecified atom stereocenters. The SMILES string of the molecule is CCN(C(=O)c1cc(S(=O)(=O)Cl)c(Br)o1)C(C)C. The van der Waals surface area contributed by atoms with Crippen LogP contribution in [0, 0.1) is 0 Å². The lowest BCUT2D eigenvalue weighted by Crippen LogP contribution is -2.36. The molecule has 0 aromatic carbocycles. The van der Waals surface area contributed by atoms with Crippen LogP contribution in [-0.4, -0.2) is 31.8 Å². The van der Waals surface area contributed by atoms with Gasteiger partial charge in [-0.2, -0.15) is 0 Å². The zero-order chi connectivity index (χ0) is 14.1. The van der Waals surface area contributed by atoms with E-state index < -0.39 is 9.05 Å². The first-order valence-corrected chi connectivity index (χ1v) is 8.33. The van der Waals surface area contributed by atoms with E-state index in [9.17, 15) is 13.2 Å². The summed E-state index contributed by atoms with van der Waals surface area (Å²) < 4.78 is 27.5. The van der Waals surface area contributed by atoms with Gasteiger partial charge < -0.3 is 9.32 Å². The Balaban J connectivity index is 3.17. The molecule has 0 aliphatic rings. The summed E-state index contributed by atoms with van der Waals surface area (Å²) in [5.74, 6) is -0.434. The molecule has 0 N–H and O–H groups in total. The van der Waals surface area contributed by atoms with Crippen molar-refractivity contribution < 1.29 is 17.6 Å². The number of rotatable bonds is 4. The summed E-state index contributed by atoms with van der Waals surface area (Å²) in [7, 11) is 1.28. The predicted molar refractivity (Wildman–Crippen MR) is 71.3 cm³/mol. The monoisotopic (exact) mass is 357 g/mol. The largest absolute Gasteiger partial charge is 0.443 e. The molecule has 5 nitrogen and oxygen atoms in total. The number of hydrogen-bond donors (Lipinski definition) is 0. The van der Waals surface area contributed by atoms with E-state index >= 15 is 0 Å². The van der Waals surface area contributed by atoms with Gasteiger partial charge in [-0.25, -0.2) is 8.42 Å². The molecule has 18 heavy (non-hydrogen) atoms. The Hall–Kier alpha value is -0.530. The summed E-state index contributed by atoms with van der Waals surface area (Å²) in [5, 5.41) is 0. The standard InChI is InChI=1S/C10H13BrClNO4S/c1-4-13(6(2)3)10(14)7-5-8(9(11)17-7)18(12,15)16/h5-6H,4H2,1-3H3. The van der Waals surface area contributed by atoms with Crippen molar-refractivity contribution in [3.05, 3.63) is 16.5 Å². The molecular formula is C10H13BrClNO4S. The Kier molecular flexibility index (Phi) is 4.85. The van der Waals surface area contributed by atoms with Crippen molar-refractivity contribution in [2.45, 2.75) is 31.7 Å². The normalized spacial score (nSPS) is 11.9. The van der Waals surface area contributed by atoms with E-state index in [4.69, 9.17) is 15.1 Å². The van der Waals surface area contributed by atoms with Crippen LogP contribution in [-0.2, 0) is 9.05 Å². The number of halogens is 2. The van der Waals surface area contributed by atoms with Gasteiger partial charge in [0.15, 0.2) is 10.4 Å². The average molecular weight is 359 g/mol. The average Bonchev–Trinajstić information content (AvgIpc) is 2.60. The number of carbonyl (C=O) groups is 1. The quantitative estimate of drug-likeness (QED) is 0.776. The van der Waals surface area contributed by atoms with Gasteiger partial charge in [-0.05, 0) is 36.7 Å². The first-order valence-electron chi connectivity index (χ1n) is 5.23. The molecule has 1 amide bonds. The van der Waals surface area contributed by atoms with Crippen LogP contribution in [0.5, 0.6) is 0 Å². The first-order chi connectivity index (χ1) is 8.18. The maximum absolute atomic E-state index is 12.1. The van der Waals surface area contributed by atoms with E-state index in [-0.39, 0.29) is 27.3 Å². The molecule has 0 radical (unpaired) electrons. The summed E-state index contributed by atoms with van der Waals surface area (Å²) in [6.07, 6.45) is 0. The van der Waals surface area contributed by atoms with Crippen molar-refractivity contribution in [3.8, 4) is 0 Å². The Morgan fingerprint density at radius 1 is 1.56 bits per heavy atom. The first kappa shape index (κ1) is 15.5. The minimum absolute atomic E-state index is 0.0116. The minimum atomic E-state index is -3.94. The van der Waals surface area contributed by atoms with Crippen molar-refractivity contribution in [1.82, 2.24) is 4.90 Å². The summed E-state index contributed by atoms with van der Waals surface area (Å²) in [4.78, 5) is 13.4. The lowest BCUT2D eigenvalue weighted by molar-refractivity contribution is 0.0683. The predicted octanol–water partition coefficient (Wildman–Crippen LogP) is 2.84. The van der Waals surface area contributed by atoms with Gasteiger partial charge in [-0.1, -0.05) is 0 Å². The smallest absolute Gasteiger partial charge is 0.289 e. The third kappa shape index (κ3) is 3.27. The number of carbonyl (C=O) groups excluding carboxylic acids is 1. The van der Waals surface area contributed by atoms with Crippen molar-refractivity contribution >= 4 is 41.6 Å². The van der Waals surface area contributed by atoms with Crippen molar-refractivity contribution in [3.63, 3.8) is 0 Å². The number of furan rings is 1. The van der Waals surface area contributed by atoms with Gasteiger partial charge in [-0.3, -0.25) is 4.79 Å². The Labute approximate surface area is 119 Å². The van der Waals surface area contributed by atoms with Crippen LogP contribution in [0.4, 0.5) is 0 Å². The van der Waals surface area contributed by atoms with Gasteiger partial charge in [0.25, 0.3) is 15.0 Å². The lowest BCUT2D eigenvalue weighted by Gasteiger charge is -2.23. The molecule has 102 valence electrons. The van der Waals surface area contributed by atoms with E-state index in [0.717, 1.165) is 6.07 Å². The van der Waals surface area contributed by atoms with Gasteiger partial charge in [0.2, 0.25) is 0 Å². The van der Waals surface area contributed by atoms with Crippen LogP contribution in [0.2, 0.25) is 0 Å². The van der Waals surface area contributed by atoms with E-state index in [1.165, 1.54) is 0 Å². The van der Waals surface area contributed by atoms with Crippen LogP contribution in [0.15, 0.2) is 20.0 Å². The molecule has 1 aromatic heterocycles. The number of nitrogens with zero attached hydrogens (tertiary/aromatic N) is 1. The minimum Gasteiger partial charge on any atom is -0.443 e. The van der Waals surface area contributed by atoms with E-state index in [0.29, 0.717) is 6.54 Å². The summed E-state index contributed by atoms with van der Waals surface area (Å²) in [5.41, 5.74) is 0. The molecule has 0 aliphatic carbocycles. The van der Waals surface area contributed by atoms with E-state index in [2.05, 4.69) is 15.9 Å². The summed E-state index contributed by atoms with van der Waals surface area (Å²) >= 11 is 2.93. The number of amides is 1. The molecule has 0 atom stereocenters. The molecule has 0 fully saturated rings. The third-order valence-corrected chi connectivity index (χ3v) is 4.53. The molecule has 0 saturated carbocycles. The Morgan fingerprint density at radius 3 is 2.44 bits per heavy atom. The van der Waals surface area contributed by atoms with Gasteiger partial charge in [0.1, 0.15) is 4.90 Å².